The lowest BCUT2D eigenvalue weighted by Gasteiger charge is -2.34. The second kappa shape index (κ2) is 4.46. The standard InChI is InChI=1S/C14H21NO/c1-9(2)14-11-6-5-7-12(16-4)13(11)10(3)8-15-14/h5-7,9-10,14-15H,8H2,1-4H3. The van der Waals surface area contributed by atoms with Gasteiger partial charge in [-0.25, -0.2) is 0 Å². The maximum atomic E-state index is 5.48. The predicted molar refractivity (Wildman–Crippen MR) is 67.0 cm³/mol. The first-order valence-corrected chi connectivity index (χ1v) is 6.05. The Morgan fingerprint density at radius 3 is 2.75 bits per heavy atom. The highest BCUT2D eigenvalue weighted by Gasteiger charge is 2.28. The highest BCUT2D eigenvalue weighted by Crippen LogP contribution is 2.38. The molecule has 2 atom stereocenters. The van der Waals surface area contributed by atoms with Crippen molar-refractivity contribution in [3.8, 4) is 5.75 Å². The third kappa shape index (κ3) is 1.82. The van der Waals surface area contributed by atoms with Crippen LogP contribution >= 0.6 is 0 Å². The molecule has 1 aromatic rings. The molecule has 1 heterocycles. The highest BCUT2D eigenvalue weighted by atomic mass is 16.5. The van der Waals surface area contributed by atoms with E-state index in [0.717, 1.165) is 12.3 Å². The zero-order valence-electron chi connectivity index (χ0n) is 10.6. The lowest BCUT2D eigenvalue weighted by Crippen LogP contribution is -2.35. The Bertz CT molecular complexity index is 373. The molecule has 2 heteroatoms. The van der Waals surface area contributed by atoms with Gasteiger partial charge in [-0.1, -0.05) is 32.9 Å². The van der Waals surface area contributed by atoms with Crippen molar-refractivity contribution in [2.24, 2.45) is 5.92 Å². The average Bonchev–Trinajstić information content (AvgIpc) is 2.28. The fraction of sp³-hybridized carbons (Fsp3) is 0.571. The summed E-state index contributed by atoms with van der Waals surface area (Å²) in [6.07, 6.45) is 0. The van der Waals surface area contributed by atoms with Gasteiger partial charge in [-0.05, 0) is 23.5 Å². The molecule has 1 N–H and O–H groups in total. The lowest BCUT2D eigenvalue weighted by molar-refractivity contribution is 0.357. The molecule has 0 fully saturated rings. The predicted octanol–water partition coefficient (Wildman–Crippen LogP) is 3.10. The van der Waals surface area contributed by atoms with Gasteiger partial charge in [-0.2, -0.15) is 0 Å². The van der Waals surface area contributed by atoms with Crippen molar-refractivity contribution in [2.45, 2.75) is 32.7 Å². The van der Waals surface area contributed by atoms with Crippen molar-refractivity contribution >= 4 is 0 Å². The molecule has 16 heavy (non-hydrogen) atoms. The van der Waals surface area contributed by atoms with Gasteiger partial charge in [0.05, 0.1) is 7.11 Å². The van der Waals surface area contributed by atoms with Gasteiger partial charge in [0.25, 0.3) is 0 Å². The SMILES string of the molecule is COc1cccc2c1C(C)CNC2C(C)C. The maximum absolute atomic E-state index is 5.48. The molecular weight excluding hydrogens is 198 g/mol. The Kier molecular flexibility index (Phi) is 3.20. The van der Waals surface area contributed by atoms with E-state index in [1.807, 2.05) is 0 Å². The first-order valence-electron chi connectivity index (χ1n) is 6.05. The normalized spacial score (nSPS) is 24.3. The number of benzene rings is 1. The minimum absolute atomic E-state index is 0.460. The van der Waals surface area contributed by atoms with Crippen LogP contribution in [0.4, 0.5) is 0 Å². The fourth-order valence-corrected chi connectivity index (χ4v) is 2.65. The molecule has 0 saturated heterocycles. The molecule has 1 aliphatic rings. The smallest absolute Gasteiger partial charge is 0.122 e. The van der Waals surface area contributed by atoms with E-state index in [-0.39, 0.29) is 0 Å². The van der Waals surface area contributed by atoms with E-state index in [0.29, 0.717) is 17.9 Å². The molecule has 0 aliphatic carbocycles. The molecule has 0 bridgehead atoms. The van der Waals surface area contributed by atoms with E-state index in [9.17, 15) is 0 Å². The van der Waals surface area contributed by atoms with Crippen molar-refractivity contribution in [3.63, 3.8) is 0 Å². The topological polar surface area (TPSA) is 21.3 Å². The summed E-state index contributed by atoms with van der Waals surface area (Å²) in [5.74, 6) is 2.18. The van der Waals surface area contributed by atoms with E-state index < -0.39 is 0 Å². The number of nitrogens with one attached hydrogen (secondary N) is 1. The monoisotopic (exact) mass is 219 g/mol. The van der Waals surface area contributed by atoms with Gasteiger partial charge >= 0.3 is 0 Å². The number of methoxy groups -OCH3 is 1. The second-order valence-electron chi connectivity index (χ2n) is 4.99. The minimum Gasteiger partial charge on any atom is -0.496 e. The average molecular weight is 219 g/mol. The minimum atomic E-state index is 0.460. The molecule has 0 radical (unpaired) electrons. The van der Waals surface area contributed by atoms with Gasteiger partial charge in [-0.15, -0.1) is 0 Å². The summed E-state index contributed by atoms with van der Waals surface area (Å²) in [6, 6.07) is 6.84. The molecule has 2 unspecified atom stereocenters. The van der Waals surface area contributed by atoms with Gasteiger partial charge < -0.3 is 10.1 Å². The van der Waals surface area contributed by atoms with E-state index >= 15 is 0 Å². The van der Waals surface area contributed by atoms with Gasteiger partial charge in [0.2, 0.25) is 0 Å². The molecule has 0 amide bonds. The van der Waals surface area contributed by atoms with Crippen LogP contribution in [0.15, 0.2) is 18.2 Å². The molecule has 1 aromatic carbocycles. The molecule has 88 valence electrons. The van der Waals surface area contributed by atoms with Crippen molar-refractivity contribution in [1.82, 2.24) is 5.32 Å². The van der Waals surface area contributed by atoms with Crippen LogP contribution in [0.25, 0.3) is 0 Å². The van der Waals surface area contributed by atoms with Crippen molar-refractivity contribution in [2.75, 3.05) is 13.7 Å². The van der Waals surface area contributed by atoms with Crippen LogP contribution in [0, 0.1) is 5.92 Å². The molecule has 2 nitrogen and oxygen atoms in total. The molecule has 0 spiro atoms. The van der Waals surface area contributed by atoms with Crippen molar-refractivity contribution in [1.29, 1.82) is 0 Å². The summed E-state index contributed by atoms with van der Waals surface area (Å²) >= 11 is 0. The van der Waals surface area contributed by atoms with E-state index in [4.69, 9.17) is 4.74 Å². The van der Waals surface area contributed by atoms with Crippen LogP contribution in [-0.2, 0) is 0 Å². The lowest BCUT2D eigenvalue weighted by atomic mass is 9.83. The summed E-state index contributed by atoms with van der Waals surface area (Å²) in [4.78, 5) is 0. The van der Waals surface area contributed by atoms with E-state index in [1.165, 1.54) is 11.1 Å². The van der Waals surface area contributed by atoms with Gasteiger partial charge in [0, 0.05) is 18.2 Å². The van der Waals surface area contributed by atoms with E-state index in [2.05, 4.69) is 44.3 Å². The van der Waals surface area contributed by atoms with Crippen LogP contribution in [0.5, 0.6) is 5.75 Å². The zero-order valence-corrected chi connectivity index (χ0v) is 10.6. The highest BCUT2D eigenvalue weighted by molar-refractivity contribution is 5.46. The Hall–Kier alpha value is -1.02. The van der Waals surface area contributed by atoms with Crippen LogP contribution < -0.4 is 10.1 Å². The Labute approximate surface area is 98.0 Å². The molecule has 0 saturated carbocycles. The zero-order chi connectivity index (χ0) is 11.7. The Morgan fingerprint density at radius 1 is 1.38 bits per heavy atom. The molecule has 0 aromatic heterocycles. The third-order valence-electron chi connectivity index (χ3n) is 3.46. The molecule has 2 rings (SSSR count). The number of hydrogen-bond donors (Lipinski definition) is 1. The Balaban J connectivity index is 2.50. The van der Waals surface area contributed by atoms with Gasteiger partial charge in [0.1, 0.15) is 5.75 Å². The van der Waals surface area contributed by atoms with Gasteiger partial charge in [0.15, 0.2) is 0 Å². The largest absolute Gasteiger partial charge is 0.496 e. The molecule has 1 aliphatic heterocycles. The summed E-state index contributed by atoms with van der Waals surface area (Å²) in [7, 11) is 1.76. The number of ether oxygens (including phenoxy) is 1. The van der Waals surface area contributed by atoms with Crippen LogP contribution in [0.3, 0.4) is 0 Å². The summed E-state index contributed by atoms with van der Waals surface area (Å²) < 4.78 is 5.48. The Morgan fingerprint density at radius 2 is 2.12 bits per heavy atom. The third-order valence-corrected chi connectivity index (χ3v) is 3.46. The number of fused-ring (bicyclic) bond motifs is 1. The van der Waals surface area contributed by atoms with Crippen molar-refractivity contribution < 1.29 is 4.74 Å². The van der Waals surface area contributed by atoms with Crippen molar-refractivity contribution in [3.05, 3.63) is 29.3 Å². The number of hydrogen-bond acceptors (Lipinski definition) is 2. The van der Waals surface area contributed by atoms with Gasteiger partial charge in [-0.3, -0.25) is 0 Å². The first kappa shape index (κ1) is 11.5. The van der Waals surface area contributed by atoms with Crippen LogP contribution in [-0.4, -0.2) is 13.7 Å². The van der Waals surface area contributed by atoms with Crippen LogP contribution in [0.2, 0.25) is 0 Å². The summed E-state index contributed by atoms with van der Waals surface area (Å²) in [6.45, 7) is 7.81. The number of rotatable bonds is 2. The summed E-state index contributed by atoms with van der Waals surface area (Å²) in [5.41, 5.74) is 2.80. The quantitative estimate of drug-likeness (QED) is 0.825. The maximum Gasteiger partial charge on any atom is 0.122 e. The fourth-order valence-electron chi connectivity index (χ4n) is 2.65. The first-order chi connectivity index (χ1) is 7.65. The second-order valence-corrected chi connectivity index (χ2v) is 4.99. The van der Waals surface area contributed by atoms with E-state index in [1.54, 1.807) is 7.11 Å². The molecular formula is C14H21NO. The van der Waals surface area contributed by atoms with Crippen LogP contribution in [0.1, 0.15) is 43.9 Å². The summed E-state index contributed by atoms with van der Waals surface area (Å²) in [5, 5.41) is 3.62.